The number of ether oxygens (including phenoxy) is 1. The molecule has 3 nitrogen and oxygen atoms in total. The molecule has 0 bridgehead atoms. The number of rotatable bonds is 8. The van der Waals surface area contributed by atoms with Crippen molar-refractivity contribution >= 4 is 11.3 Å². The smallest absolute Gasteiger partial charge is 0.123 e. The van der Waals surface area contributed by atoms with E-state index in [9.17, 15) is 0 Å². The molecule has 21 heavy (non-hydrogen) atoms. The lowest BCUT2D eigenvalue weighted by Crippen LogP contribution is -2.15. The molecular weight excluding hydrogens is 280 g/mol. The molecule has 1 heterocycles. The van der Waals surface area contributed by atoms with E-state index in [1.165, 1.54) is 16.0 Å². The van der Waals surface area contributed by atoms with Gasteiger partial charge in [-0.3, -0.25) is 0 Å². The van der Waals surface area contributed by atoms with Crippen molar-refractivity contribution < 1.29 is 4.74 Å². The summed E-state index contributed by atoms with van der Waals surface area (Å²) in [6.07, 6.45) is 2.07. The highest BCUT2D eigenvalue weighted by atomic mass is 32.1. The van der Waals surface area contributed by atoms with Crippen molar-refractivity contribution in [1.82, 2.24) is 10.3 Å². The Morgan fingerprint density at radius 2 is 2.14 bits per heavy atom. The number of aromatic nitrogens is 1. The van der Waals surface area contributed by atoms with Crippen LogP contribution in [0.2, 0.25) is 0 Å². The Hall–Kier alpha value is -1.39. The number of thiazole rings is 1. The molecule has 114 valence electrons. The Morgan fingerprint density at radius 3 is 2.86 bits per heavy atom. The van der Waals surface area contributed by atoms with Crippen LogP contribution in [0.4, 0.5) is 0 Å². The van der Waals surface area contributed by atoms with Gasteiger partial charge in [-0.2, -0.15) is 0 Å². The van der Waals surface area contributed by atoms with Crippen LogP contribution in [0, 0.1) is 13.8 Å². The zero-order valence-electron chi connectivity index (χ0n) is 13.1. The van der Waals surface area contributed by atoms with Crippen LogP contribution in [0.15, 0.2) is 23.7 Å². The summed E-state index contributed by atoms with van der Waals surface area (Å²) in [7, 11) is 0. The predicted octanol–water partition coefficient (Wildman–Crippen LogP) is 3.88. The second-order valence-corrected chi connectivity index (χ2v) is 6.19. The highest BCUT2D eigenvalue weighted by molar-refractivity contribution is 7.09. The van der Waals surface area contributed by atoms with Gasteiger partial charge in [0.05, 0.1) is 17.8 Å². The third-order valence-electron chi connectivity index (χ3n) is 3.39. The van der Waals surface area contributed by atoms with E-state index < -0.39 is 0 Å². The summed E-state index contributed by atoms with van der Waals surface area (Å²) in [6.45, 7) is 8.95. The minimum atomic E-state index is 0.701. The van der Waals surface area contributed by atoms with Gasteiger partial charge in [0, 0.05) is 23.4 Å². The summed E-state index contributed by atoms with van der Waals surface area (Å²) in [5.74, 6) is 0.992. The second kappa shape index (κ2) is 8.15. The van der Waals surface area contributed by atoms with Gasteiger partial charge in [-0.15, -0.1) is 11.3 Å². The Kier molecular flexibility index (Phi) is 6.21. The fourth-order valence-corrected chi connectivity index (χ4v) is 2.97. The number of benzene rings is 1. The average Bonchev–Trinajstić information content (AvgIpc) is 2.87. The Morgan fingerprint density at radius 1 is 1.29 bits per heavy atom. The van der Waals surface area contributed by atoms with Gasteiger partial charge < -0.3 is 10.1 Å². The lowest BCUT2D eigenvalue weighted by molar-refractivity contribution is 0.318. The zero-order valence-corrected chi connectivity index (χ0v) is 13.9. The standard InChI is InChI=1S/C17H24N2OS/c1-4-8-18-11-15-10-13(2)5-6-16(15)20-9-7-17-14(3)19-12-21-17/h5-6,10,12,18H,4,7-9,11H2,1-3H3. The van der Waals surface area contributed by atoms with E-state index in [4.69, 9.17) is 4.74 Å². The maximum atomic E-state index is 5.99. The van der Waals surface area contributed by atoms with Crippen LogP contribution >= 0.6 is 11.3 Å². The largest absolute Gasteiger partial charge is 0.493 e. The molecule has 0 fully saturated rings. The van der Waals surface area contributed by atoms with E-state index in [0.29, 0.717) is 6.61 Å². The van der Waals surface area contributed by atoms with E-state index >= 15 is 0 Å². The minimum Gasteiger partial charge on any atom is -0.493 e. The molecule has 1 N–H and O–H groups in total. The molecule has 1 aromatic heterocycles. The van der Waals surface area contributed by atoms with Crippen molar-refractivity contribution in [3.63, 3.8) is 0 Å². The van der Waals surface area contributed by atoms with Crippen molar-refractivity contribution in [3.05, 3.63) is 45.4 Å². The minimum absolute atomic E-state index is 0.701. The van der Waals surface area contributed by atoms with E-state index in [-0.39, 0.29) is 0 Å². The van der Waals surface area contributed by atoms with Crippen LogP contribution in [-0.2, 0) is 13.0 Å². The fraction of sp³-hybridized carbons (Fsp3) is 0.471. The molecular formula is C17H24N2OS. The van der Waals surface area contributed by atoms with Crippen LogP contribution in [-0.4, -0.2) is 18.1 Å². The summed E-state index contributed by atoms with van der Waals surface area (Å²) in [5, 5.41) is 3.44. The third-order valence-corrected chi connectivity index (χ3v) is 4.38. The van der Waals surface area contributed by atoms with Gasteiger partial charge >= 0.3 is 0 Å². The topological polar surface area (TPSA) is 34.1 Å². The maximum Gasteiger partial charge on any atom is 0.123 e. The summed E-state index contributed by atoms with van der Waals surface area (Å²) in [4.78, 5) is 5.59. The van der Waals surface area contributed by atoms with Crippen LogP contribution < -0.4 is 10.1 Å². The summed E-state index contributed by atoms with van der Waals surface area (Å²) < 4.78 is 5.99. The predicted molar refractivity (Wildman–Crippen MR) is 89.2 cm³/mol. The van der Waals surface area contributed by atoms with Crippen LogP contribution in [0.3, 0.4) is 0 Å². The fourth-order valence-electron chi connectivity index (χ4n) is 2.21. The molecule has 0 saturated carbocycles. The normalized spacial score (nSPS) is 10.8. The van der Waals surface area contributed by atoms with Crippen molar-refractivity contribution in [2.24, 2.45) is 0 Å². The monoisotopic (exact) mass is 304 g/mol. The molecule has 1 aromatic carbocycles. The molecule has 2 aromatic rings. The van der Waals surface area contributed by atoms with Crippen molar-refractivity contribution in [3.8, 4) is 5.75 Å². The first kappa shape index (κ1) is 16.0. The van der Waals surface area contributed by atoms with Gasteiger partial charge in [-0.1, -0.05) is 24.6 Å². The summed E-state index contributed by atoms with van der Waals surface area (Å²) >= 11 is 1.70. The Labute approximate surface area is 131 Å². The maximum absolute atomic E-state index is 5.99. The first-order valence-corrected chi connectivity index (χ1v) is 8.40. The van der Waals surface area contributed by atoms with Gasteiger partial charge in [-0.25, -0.2) is 4.98 Å². The molecule has 0 spiro atoms. The molecule has 0 saturated heterocycles. The molecule has 0 aliphatic carbocycles. The van der Waals surface area contributed by atoms with Gasteiger partial charge in [0.1, 0.15) is 5.75 Å². The molecule has 0 aliphatic rings. The SMILES string of the molecule is CCCNCc1cc(C)ccc1OCCc1scnc1C. The summed E-state index contributed by atoms with van der Waals surface area (Å²) in [5.41, 5.74) is 5.53. The van der Waals surface area contributed by atoms with E-state index in [1.54, 1.807) is 11.3 Å². The van der Waals surface area contributed by atoms with Crippen molar-refractivity contribution in [2.45, 2.75) is 40.2 Å². The third kappa shape index (κ3) is 4.83. The van der Waals surface area contributed by atoms with E-state index in [2.05, 4.69) is 49.3 Å². The first-order valence-electron chi connectivity index (χ1n) is 7.52. The van der Waals surface area contributed by atoms with Crippen LogP contribution in [0.5, 0.6) is 5.75 Å². The number of nitrogens with zero attached hydrogens (tertiary/aromatic N) is 1. The average molecular weight is 304 g/mol. The summed E-state index contributed by atoms with van der Waals surface area (Å²) in [6, 6.07) is 6.39. The number of aryl methyl sites for hydroxylation is 2. The molecule has 0 radical (unpaired) electrons. The van der Waals surface area contributed by atoms with Gasteiger partial charge in [-0.05, 0) is 32.9 Å². The number of hydrogen-bond donors (Lipinski definition) is 1. The highest BCUT2D eigenvalue weighted by Gasteiger charge is 2.06. The molecule has 0 aliphatic heterocycles. The van der Waals surface area contributed by atoms with Crippen LogP contribution in [0.25, 0.3) is 0 Å². The number of nitrogens with one attached hydrogen (secondary N) is 1. The van der Waals surface area contributed by atoms with Gasteiger partial charge in [0.15, 0.2) is 0 Å². The first-order chi connectivity index (χ1) is 10.2. The Balaban J connectivity index is 1.93. The lowest BCUT2D eigenvalue weighted by Gasteiger charge is -2.13. The van der Waals surface area contributed by atoms with E-state index in [0.717, 1.165) is 37.4 Å². The van der Waals surface area contributed by atoms with Crippen LogP contribution in [0.1, 0.15) is 35.0 Å². The second-order valence-electron chi connectivity index (χ2n) is 5.25. The molecule has 4 heteroatoms. The Bertz CT molecular complexity index is 566. The van der Waals surface area contributed by atoms with Crippen molar-refractivity contribution in [1.29, 1.82) is 0 Å². The molecule has 0 atom stereocenters. The van der Waals surface area contributed by atoms with E-state index in [1.807, 2.05) is 5.51 Å². The quantitative estimate of drug-likeness (QED) is 0.752. The molecule has 2 rings (SSSR count). The lowest BCUT2D eigenvalue weighted by atomic mass is 10.1. The molecule has 0 unspecified atom stereocenters. The van der Waals surface area contributed by atoms with Gasteiger partial charge in [0.25, 0.3) is 0 Å². The highest BCUT2D eigenvalue weighted by Crippen LogP contribution is 2.21. The zero-order chi connectivity index (χ0) is 15.1. The number of hydrogen-bond acceptors (Lipinski definition) is 4. The molecule has 0 amide bonds. The van der Waals surface area contributed by atoms with Gasteiger partial charge in [0.2, 0.25) is 0 Å². The van der Waals surface area contributed by atoms with Crippen molar-refractivity contribution in [2.75, 3.05) is 13.2 Å².